The molecule has 0 unspecified atom stereocenters. The Morgan fingerprint density at radius 3 is 2.79 bits per heavy atom. The number of halogens is 2. The van der Waals surface area contributed by atoms with Crippen LogP contribution in [0.3, 0.4) is 0 Å². The molecule has 0 aliphatic heterocycles. The summed E-state index contributed by atoms with van der Waals surface area (Å²) < 4.78 is 6.66. The lowest BCUT2D eigenvalue weighted by molar-refractivity contribution is 0.308. The van der Waals surface area contributed by atoms with Crippen LogP contribution in [0.1, 0.15) is 16.7 Å². The maximum atomic E-state index is 5.90. The highest BCUT2D eigenvalue weighted by atomic mass is 79.9. The minimum atomic E-state index is 0.580. The fourth-order valence-corrected chi connectivity index (χ4v) is 3.28. The summed E-state index contributed by atoms with van der Waals surface area (Å²) >= 11 is 11.1. The molecule has 5 heteroatoms. The number of benzene rings is 1. The molecule has 0 aliphatic carbocycles. The van der Waals surface area contributed by atoms with Gasteiger partial charge in [-0.3, -0.25) is 0 Å². The van der Waals surface area contributed by atoms with Gasteiger partial charge in [0.05, 0.1) is 4.47 Å². The predicted molar refractivity (Wildman–Crippen MR) is 85.2 cm³/mol. The lowest BCUT2D eigenvalue weighted by Gasteiger charge is -2.07. The van der Waals surface area contributed by atoms with Gasteiger partial charge >= 0.3 is 0 Å². The standard InChI is InChI=1S/C14H15BrClNOS/c1-2-17-8-11-4-5-12(19-11)9-18-14-6-3-10(16)7-13(14)15/h3-7,17H,2,8-9H2,1H3. The summed E-state index contributed by atoms with van der Waals surface area (Å²) in [7, 11) is 0. The molecular formula is C14H15BrClNOS. The highest BCUT2D eigenvalue weighted by molar-refractivity contribution is 9.10. The quantitative estimate of drug-likeness (QED) is 0.795. The average Bonchev–Trinajstić information content (AvgIpc) is 2.83. The molecule has 1 aromatic carbocycles. The first-order valence-corrected chi connectivity index (χ1v) is 8.04. The number of hydrogen-bond acceptors (Lipinski definition) is 3. The molecule has 0 atom stereocenters. The molecule has 0 amide bonds. The van der Waals surface area contributed by atoms with E-state index in [-0.39, 0.29) is 0 Å². The third-order valence-corrected chi connectivity index (χ3v) is 4.44. The van der Waals surface area contributed by atoms with E-state index in [1.165, 1.54) is 9.75 Å². The first-order chi connectivity index (χ1) is 9.19. The van der Waals surface area contributed by atoms with Crippen molar-refractivity contribution in [1.82, 2.24) is 5.32 Å². The van der Waals surface area contributed by atoms with Crippen LogP contribution in [0.4, 0.5) is 0 Å². The molecule has 1 N–H and O–H groups in total. The number of thiophene rings is 1. The smallest absolute Gasteiger partial charge is 0.134 e. The van der Waals surface area contributed by atoms with Crippen molar-refractivity contribution in [2.24, 2.45) is 0 Å². The van der Waals surface area contributed by atoms with Crippen molar-refractivity contribution in [2.45, 2.75) is 20.1 Å². The van der Waals surface area contributed by atoms with Gasteiger partial charge < -0.3 is 10.1 Å². The topological polar surface area (TPSA) is 21.3 Å². The van der Waals surface area contributed by atoms with E-state index < -0.39 is 0 Å². The summed E-state index contributed by atoms with van der Waals surface area (Å²) in [6, 6.07) is 9.79. The lowest BCUT2D eigenvalue weighted by atomic mass is 10.3. The van der Waals surface area contributed by atoms with Gasteiger partial charge in [0.1, 0.15) is 12.4 Å². The Balaban J connectivity index is 1.92. The Morgan fingerprint density at radius 2 is 2.05 bits per heavy atom. The molecule has 1 aromatic heterocycles. The third kappa shape index (κ3) is 4.49. The summed E-state index contributed by atoms with van der Waals surface area (Å²) in [6.07, 6.45) is 0. The number of rotatable bonds is 6. The normalized spacial score (nSPS) is 10.7. The second-order valence-electron chi connectivity index (χ2n) is 4.01. The van der Waals surface area contributed by atoms with E-state index in [0.29, 0.717) is 11.6 Å². The summed E-state index contributed by atoms with van der Waals surface area (Å²) in [6.45, 7) is 4.60. The van der Waals surface area contributed by atoms with Crippen LogP contribution in [-0.2, 0) is 13.2 Å². The first kappa shape index (κ1) is 14.9. The highest BCUT2D eigenvalue weighted by Gasteiger charge is 2.04. The van der Waals surface area contributed by atoms with E-state index in [1.54, 1.807) is 11.3 Å². The fourth-order valence-electron chi connectivity index (χ4n) is 1.58. The second-order valence-corrected chi connectivity index (χ2v) is 6.56. The van der Waals surface area contributed by atoms with Crippen LogP contribution < -0.4 is 10.1 Å². The van der Waals surface area contributed by atoms with Gasteiger partial charge in [0.2, 0.25) is 0 Å². The monoisotopic (exact) mass is 359 g/mol. The summed E-state index contributed by atoms with van der Waals surface area (Å²) in [4.78, 5) is 2.55. The molecule has 19 heavy (non-hydrogen) atoms. The minimum absolute atomic E-state index is 0.580. The molecule has 2 nitrogen and oxygen atoms in total. The van der Waals surface area contributed by atoms with Crippen LogP contribution in [0.25, 0.3) is 0 Å². The summed E-state index contributed by atoms with van der Waals surface area (Å²) in [5.41, 5.74) is 0. The third-order valence-electron chi connectivity index (χ3n) is 2.53. The van der Waals surface area contributed by atoms with Gasteiger partial charge in [-0.2, -0.15) is 0 Å². The van der Waals surface area contributed by atoms with Crippen molar-refractivity contribution in [1.29, 1.82) is 0 Å². The minimum Gasteiger partial charge on any atom is -0.487 e. The largest absolute Gasteiger partial charge is 0.487 e. The van der Waals surface area contributed by atoms with E-state index in [1.807, 2.05) is 18.2 Å². The Morgan fingerprint density at radius 1 is 1.26 bits per heavy atom. The van der Waals surface area contributed by atoms with E-state index >= 15 is 0 Å². The van der Waals surface area contributed by atoms with Crippen molar-refractivity contribution in [3.05, 3.63) is 49.6 Å². The van der Waals surface area contributed by atoms with E-state index in [9.17, 15) is 0 Å². The molecule has 0 spiro atoms. The predicted octanol–water partition coefficient (Wildman–Crippen LogP) is 4.85. The fraction of sp³-hybridized carbons (Fsp3) is 0.286. The highest BCUT2D eigenvalue weighted by Crippen LogP contribution is 2.29. The van der Waals surface area contributed by atoms with Crippen LogP contribution in [0.5, 0.6) is 5.75 Å². The van der Waals surface area contributed by atoms with Crippen LogP contribution in [-0.4, -0.2) is 6.54 Å². The van der Waals surface area contributed by atoms with Gasteiger partial charge in [0.25, 0.3) is 0 Å². The van der Waals surface area contributed by atoms with Crippen LogP contribution in [0.2, 0.25) is 5.02 Å². The molecule has 0 saturated carbocycles. The zero-order valence-electron chi connectivity index (χ0n) is 10.6. The Bertz CT molecular complexity index is 544. The SMILES string of the molecule is CCNCc1ccc(COc2ccc(Cl)cc2Br)s1. The van der Waals surface area contributed by atoms with Gasteiger partial charge in [-0.1, -0.05) is 18.5 Å². The first-order valence-electron chi connectivity index (χ1n) is 6.05. The Kier molecular flexibility index (Phi) is 5.70. The van der Waals surface area contributed by atoms with Crippen LogP contribution in [0, 0.1) is 0 Å². The molecule has 1 heterocycles. The zero-order valence-corrected chi connectivity index (χ0v) is 13.7. The van der Waals surface area contributed by atoms with Gasteiger partial charge in [0.15, 0.2) is 0 Å². The van der Waals surface area contributed by atoms with Crippen molar-refractivity contribution in [3.8, 4) is 5.75 Å². The van der Waals surface area contributed by atoms with Crippen molar-refractivity contribution >= 4 is 38.9 Å². The maximum absolute atomic E-state index is 5.90. The molecule has 0 bridgehead atoms. The van der Waals surface area contributed by atoms with E-state index in [4.69, 9.17) is 16.3 Å². The van der Waals surface area contributed by atoms with Crippen molar-refractivity contribution in [3.63, 3.8) is 0 Å². The Labute approximate surface area is 130 Å². The number of ether oxygens (including phenoxy) is 1. The van der Waals surface area contributed by atoms with Crippen molar-refractivity contribution < 1.29 is 4.74 Å². The second kappa shape index (κ2) is 7.29. The molecular weight excluding hydrogens is 346 g/mol. The maximum Gasteiger partial charge on any atom is 0.134 e. The molecule has 2 rings (SSSR count). The van der Waals surface area contributed by atoms with Crippen molar-refractivity contribution in [2.75, 3.05) is 6.54 Å². The van der Waals surface area contributed by atoms with E-state index in [0.717, 1.165) is 23.3 Å². The van der Waals surface area contributed by atoms with Gasteiger partial charge in [-0.25, -0.2) is 0 Å². The van der Waals surface area contributed by atoms with Gasteiger partial charge in [0, 0.05) is 21.3 Å². The molecule has 0 aliphatic rings. The molecule has 0 saturated heterocycles. The Hall–Kier alpha value is -0.550. The van der Waals surface area contributed by atoms with E-state index in [2.05, 4.69) is 40.3 Å². The number of hydrogen-bond donors (Lipinski definition) is 1. The number of nitrogens with one attached hydrogen (secondary N) is 1. The molecule has 102 valence electrons. The van der Waals surface area contributed by atoms with Crippen LogP contribution in [0.15, 0.2) is 34.8 Å². The summed E-state index contributed by atoms with van der Waals surface area (Å²) in [5.74, 6) is 0.811. The lowest BCUT2D eigenvalue weighted by Crippen LogP contribution is -2.10. The molecule has 2 aromatic rings. The average molecular weight is 361 g/mol. The van der Waals surface area contributed by atoms with Gasteiger partial charge in [-0.05, 0) is 52.8 Å². The molecule has 0 fully saturated rings. The van der Waals surface area contributed by atoms with Crippen LogP contribution >= 0.6 is 38.9 Å². The summed E-state index contributed by atoms with van der Waals surface area (Å²) in [5, 5.41) is 4.01. The molecule has 0 radical (unpaired) electrons. The van der Waals surface area contributed by atoms with Gasteiger partial charge in [-0.15, -0.1) is 11.3 Å². The zero-order chi connectivity index (χ0) is 13.7.